The van der Waals surface area contributed by atoms with Crippen LogP contribution in [0.1, 0.15) is 212 Å². The molecule has 0 bridgehead atoms. The summed E-state index contributed by atoms with van der Waals surface area (Å²) in [6, 6.07) is 44.5. The topological polar surface area (TPSA) is 19.6 Å². The van der Waals surface area contributed by atoms with Crippen molar-refractivity contribution < 1.29 is 4.42 Å². The van der Waals surface area contributed by atoms with Crippen molar-refractivity contribution in [1.82, 2.24) is 0 Å². The van der Waals surface area contributed by atoms with Crippen LogP contribution in [0.2, 0.25) is 0 Å². The molecule has 8 aromatic rings. The van der Waals surface area contributed by atoms with Crippen LogP contribution in [0.3, 0.4) is 0 Å². The Morgan fingerprint density at radius 3 is 1.39 bits per heavy atom. The van der Waals surface area contributed by atoms with Gasteiger partial charge in [0.2, 0.25) is 0 Å². The van der Waals surface area contributed by atoms with E-state index >= 15 is 0 Å². The summed E-state index contributed by atoms with van der Waals surface area (Å²) in [4.78, 5) is 5.44. The molecule has 0 spiro atoms. The van der Waals surface area contributed by atoms with Crippen molar-refractivity contribution in [2.75, 3.05) is 9.80 Å². The number of nitrogens with zero attached hydrogens (tertiary/aromatic N) is 2. The van der Waals surface area contributed by atoms with Crippen LogP contribution in [0, 0.1) is 6.92 Å². The maximum Gasteiger partial charge on any atom is 0.257 e. The summed E-state index contributed by atoms with van der Waals surface area (Å²) < 4.78 is 7.73. The third-order valence-corrected chi connectivity index (χ3v) is 22.2. The molecule has 0 N–H and O–H groups in total. The minimum atomic E-state index is -0.119. The van der Waals surface area contributed by atoms with E-state index in [4.69, 9.17) is 4.42 Å². The lowest BCUT2D eigenvalue weighted by Crippen LogP contribution is -2.62. The second-order valence-electron chi connectivity index (χ2n) is 31.2. The minimum Gasteiger partial charge on any atom is -0.457 e. The van der Waals surface area contributed by atoms with E-state index in [0.29, 0.717) is 0 Å². The SMILES string of the molecule is Cc1cc2c(cc1N1c3cc(-c4ccccc4)cc4c3B(c3cc5c(cc3N4c3ccc4c(c3)C(C)(C)CCC4(C)C)C(C)(C)CCC5(C)C)c3c1ccc1c3oc3cc4c(cc31)C(C)(C)CCC4(C)C)C(C)(C)CCC2(C)C. The van der Waals surface area contributed by atoms with Crippen molar-refractivity contribution in [1.29, 1.82) is 0 Å². The average Bonchev–Trinajstić information content (AvgIpc) is 3.16. The fourth-order valence-electron chi connectivity index (χ4n) is 16.4. The fraction of sp³-hybridized carbons (Fsp3) is 0.440. The van der Waals surface area contributed by atoms with Crippen molar-refractivity contribution in [2.24, 2.45) is 0 Å². The molecule has 3 heterocycles. The van der Waals surface area contributed by atoms with E-state index in [1.54, 1.807) is 0 Å². The van der Waals surface area contributed by atoms with E-state index in [9.17, 15) is 0 Å². The van der Waals surface area contributed by atoms with Crippen LogP contribution in [0.15, 0.2) is 114 Å². The Hall–Kier alpha value is -6.00. The van der Waals surface area contributed by atoms with E-state index < -0.39 is 0 Å². The van der Waals surface area contributed by atoms with Gasteiger partial charge in [-0.15, -0.1) is 0 Å². The van der Waals surface area contributed by atoms with E-state index in [2.05, 4.69) is 237 Å². The summed E-state index contributed by atoms with van der Waals surface area (Å²) in [5, 5.41) is 2.45. The van der Waals surface area contributed by atoms with E-state index in [-0.39, 0.29) is 50.0 Å². The molecule has 0 saturated heterocycles. The first kappa shape index (κ1) is 51.2. The highest BCUT2D eigenvalue weighted by atomic mass is 16.3. The van der Waals surface area contributed by atoms with Crippen LogP contribution in [0.5, 0.6) is 0 Å². The monoisotopic (exact) mass is 1040 g/mol. The average molecular weight is 1040 g/mol. The number of aryl methyl sites for hydroxylation is 1. The van der Waals surface area contributed by atoms with Gasteiger partial charge in [0.15, 0.2) is 0 Å². The summed E-state index contributed by atoms with van der Waals surface area (Å²) >= 11 is 0. The Kier molecular flexibility index (Phi) is 10.5. The van der Waals surface area contributed by atoms with Gasteiger partial charge in [0.1, 0.15) is 11.2 Å². The van der Waals surface area contributed by atoms with Crippen LogP contribution in [-0.2, 0) is 43.3 Å². The summed E-state index contributed by atoms with van der Waals surface area (Å²) in [6.45, 7) is 41.9. The molecule has 0 amide bonds. The zero-order valence-corrected chi connectivity index (χ0v) is 50.9. The lowest BCUT2D eigenvalue weighted by atomic mass is 9.32. The predicted molar refractivity (Wildman–Crippen MR) is 339 cm³/mol. The zero-order chi connectivity index (χ0) is 55.7. The van der Waals surface area contributed by atoms with Gasteiger partial charge in [0, 0.05) is 44.9 Å². The van der Waals surface area contributed by atoms with Gasteiger partial charge >= 0.3 is 0 Å². The van der Waals surface area contributed by atoms with Gasteiger partial charge in [-0.2, -0.15) is 0 Å². The molecule has 3 nitrogen and oxygen atoms in total. The van der Waals surface area contributed by atoms with Gasteiger partial charge in [-0.25, -0.2) is 0 Å². The fourth-order valence-corrected chi connectivity index (χ4v) is 16.4. The van der Waals surface area contributed by atoms with Crippen LogP contribution in [-0.4, -0.2) is 6.71 Å². The normalized spacial score (nSPS) is 21.6. The lowest BCUT2D eigenvalue weighted by Gasteiger charge is -2.48. The highest BCUT2D eigenvalue weighted by molar-refractivity contribution is 7.01. The first-order valence-electron chi connectivity index (χ1n) is 30.4. The van der Waals surface area contributed by atoms with Crippen LogP contribution in [0.4, 0.5) is 34.1 Å². The molecular weight excluding hydrogens is 956 g/mol. The molecule has 2 aliphatic heterocycles. The smallest absolute Gasteiger partial charge is 0.257 e. The maximum atomic E-state index is 7.73. The number of hydrogen-bond donors (Lipinski definition) is 0. The molecule has 4 aliphatic carbocycles. The summed E-state index contributed by atoms with van der Waals surface area (Å²) in [5.74, 6) is 0. The molecule has 404 valence electrons. The molecule has 1 aromatic heterocycles. The number of rotatable bonds is 3. The van der Waals surface area contributed by atoms with Crippen molar-refractivity contribution in [3.63, 3.8) is 0 Å². The molecule has 0 atom stereocenters. The standard InChI is InChI=1S/C75H85BN2O/c1-44-35-51-55(73(12,13)32-29-69(51,4)5)41-60(44)78-59-26-24-48-49-39-53-57(75(16,17)34-30-71(53,8)9)43-64(49)79-67(48)66(59)76-58-40-54-56(74(14,15)33-31-72(54,10)11)42-61(58)77(47-23-25-50-52(38-47)70(6,7)28-27-68(50,2)3)62-36-46(37-63(78)65(62)76)45-21-19-18-20-22-45/h18-26,35-43H,27-34H2,1-17H3. The minimum absolute atomic E-state index is 0.000812. The molecule has 79 heavy (non-hydrogen) atoms. The Labute approximate surface area is 473 Å². The van der Waals surface area contributed by atoms with Gasteiger partial charge in [-0.3, -0.25) is 0 Å². The van der Waals surface area contributed by atoms with E-state index in [1.165, 1.54) is 142 Å². The van der Waals surface area contributed by atoms with Gasteiger partial charge in [-0.05, 0) is 240 Å². The predicted octanol–water partition coefficient (Wildman–Crippen LogP) is 19.0. The molecule has 0 radical (unpaired) electrons. The van der Waals surface area contributed by atoms with Gasteiger partial charge in [-0.1, -0.05) is 159 Å². The zero-order valence-electron chi connectivity index (χ0n) is 50.9. The molecule has 7 aromatic carbocycles. The summed E-state index contributed by atoms with van der Waals surface area (Å²) in [7, 11) is 0. The Balaban J connectivity index is 1.16. The molecule has 0 saturated carbocycles. The van der Waals surface area contributed by atoms with Crippen molar-refractivity contribution in [3.05, 3.63) is 159 Å². The first-order valence-corrected chi connectivity index (χ1v) is 30.4. The molecular formula is C75H85BN2O. The van der Waals surface area contributed by atoms with Crippen LogP contribution < -0.4 is 26.2 Å². The molecule has 6 aliphatic rings. The maximum absolute atomic E-state index is 7.73. The van der Waals surface area contributed by atoms with E-state index in [1.807, 2.05) is 0 Å². The van der Waals surface area contributed by atoms with Gasteiger partial charge in [0.25, 0.3) is 6.71 Å². The summed E-state index contributed by atoms with van der Waals surface area (Å²) in [5.41, 5.74) is 29.5. The third kappa shape index (κ3) is 7.29. The third-order valence-electron chi connectivity index (χ3n) is 22.2. The van der Waals surface area contributed by atoms with Gasteiger partial charge < -0.3 is 14.2 Å². The second kappa shape index (κ2) is 16.1. The number of fused-ring (bicyclic) bond motifs is 12. The Morgan fingerprint density at radius 1 is 0.354 bits per heavy atom. The summed E-state index contributed by atoms with van der Waals surface area (Å²) in [6.07, 6.45) is 9.32. The number of anilines is 6. The van der Waals surface area contributed by atoms with Gasteiger partial charge in [0.05, 0.1) is 0 Å². The van der Waals surface area contributed by atoms with E-state index in [0.717, 1.165) is 43.3 Å². The second-order valence-corrected chi connectivity index (χ2v) is 31.2. The molecule has 14 rings (SSSR count). The Bertz CT molecular complexity index is 3940. The van der Waals surface area contributed by atoms with Crippen LogP contribution >= 0.6 is 0 Å². The molecule has 0 unspecified atom stereocenters. The van der Waals surface area contributed by atoms with Crippen LogP contribution in [0.25, 0.3) is 33.1 Å². The molecule has 4 heteroatoms. The molecule has 0 fully saturated rings. The first-order chi connectivity index (χ1) is 37.0. The van der Waals surface area contributed by atoms with Crippen molar-refractivity contribution in [3.8, 4) is 11.1 Å². The van der Waals surface area contributed by atoms with Crippen molar-refractivity contribution in [2.45, 2.75) is 212 Å². The number of benzene rings is 7. The Morgan fingerprint density at radius 2 is 0.823 bits per heavy atom. The quantitative estimate of drug-likeness (QED) is 0.164. The number of furan rings is 1. The highest BCUT2D eigenvalue weighted by Crippen LogP contribution is 2.56. The number of hydrogen-bond acceptors (Lipinski definition) is 3. The highest BCUT2D eigenvalue weighted by Gasteiger charge is 2.50. The largest absolute Gasteiger partial charge is 0.457 e. The lowest BCUT2D eigenvalue weighted by molar-refractivity contribution is 0.332. The van der Waals surface area contributed by atoms with Crippen molar-refractivity contribution >= 4 is 79.2 Å².